The second-order valence-electron chi connectivity index (χ2n) is 9.51. The lowest BCUT2D eigenvalue weighted by Gasteiger charge is -2.41. The number of ketones is 1. The zero-order valence-corrected chi connectivity index (χ0v) is 20.7. The number of carbonyl (C=O) groups is 2. The summed E-state index contributed by atoms with van der Waals surface area (Å²) in [5, 5.41) is 1.31. The fourth-order valence-corrected chi connectivity index (χ4v) is 5.66. The minimum absolute atomic E-state index is 0.115. The average molecular weight is 487 g/mol. The lowest BCUT2D eigenvalue weighted by molar-refractivity contribution is -0.140. The van der Waals surface area contributed by atoms with Gasteiger partial charge in [-0.15, -0.1) is 0 Å². The average Bonchev–Trinajstić information content (AvgIpc) is 3.31. The number of benzene rings is 2. The molecule has 0 aromatic heterocycles. The molecule has 2 aromatic rings. The van der Waals surface area contributed by atoms with Gasteiger partial charge in [0.15, 0.2) is 0 Å². The first-order valence-electron chi connectivity index (χ1n) is 12.0. The highest BCUT2D eigenvalue weighted by atomic mass is 35.5. The molecule has 2 aliphatic rings. The summed E-state index contributed by atoms with van der Waals surface area (Å²) in [6.07, 6.45) is 5.10. The summed E-state index contributed by atoms with van der Waals surface area (Å²) >= 11 is 12.8. The number of piperazine rings is 1. The van der Waals surface area contributed by atoms with Crippen molar-refractivity contribution in [1.29, 1.82) is 0 Å². The van der Waals surface area contributed by atoms with Gasteiger partial charge in [0.2, 0.25) is 5.91 Å². The van der Waals surface area contributed by atoms with Crippen molar-refractivity contribution in [3.63, 3.8) is 0 Å². The summed E-state index contributed by atoms with van der Waals surface area (Å²) < 4.78 is 0. The van der Waals surface area contributed by atoms with Crippen molar-refractivity contribution in [3.05, 3.63) is 69.2 Å². The molecule has 6 heteroatoms. The minimum Gasteiger partial charge on any atom is -0.337 e. The Morgan fingerprint density at radius 3 is 2.42 bits per heavy atom. The van der Waals surface area contributed by atoms with E-state index in [4.69, 9.17) is 23.2 Å². The Kier molecular flexibility index (Phi) is 8.11. The summed E-state index contributed by atoms with van der Waals surface area (Å²) in [4.78, 5) is 30.0. The number of Topliss-reactive ketones (excluding diaryl/α,β-unsaturated/α-hetero) is 1. The van der Waals surface area contributed by atoms with Crippen LogP contribution < -0.4 is 0 Å². The van der Waals surface area contributed by atoms with Crippen LogP contribution in [-0.4, -0.2) is 47.2 Å². The van der Waals surface area contributed by atoms with Crippen LogP contribution in [0.5, 0.6) is 0 Å². The highest BCUT2D eigenvalue weighted by Crippen LogP contribution is 2.29. The number of rotatable bonds is 7. The van der Waals surface area contributed by atoms with Gasteiger partial charge in [-0.3, -0.25) is 14.5 Å². The van der Waals surface area contributed by atoms with Crippen LogP contribution in [0.2, 0.25) is 10.0 Å². The molecule has 1 heterocycles. The van der Waals surface area contributed by atoms with Crippen LogP contribution >= 0.6 is 23.2 Å². The summed E-state index contributed by atoms with van der Waals surface area (Å²) in [6.45, 7) is 5.33. The predicted molar refractivity (Wildman–Crippen MR) is 134 cm³/mol. The summed E-state index contributed by atoms with van der Waals surface area (Å²) in [5.41, 5.74) is 2.82. The predicted octanol–water partition coefficient (Wildman–Crippen LogP) is 5.57. The Balaban J connectivity index is 1.35. The molecule has 4 rings (SSSR count). The van der Waals surface area contributed by atoms with Gasteiger partial charge in [0, 0.05) is 61.0 Å². The Morgan fingerprint density at radius 1 is 0.970 bits per heavy atom. The second kappa shape index (κ2) is 11.0. The molecule has 33 heavy (non-hydrogen) atoms. The van der Waals surface area contributed by atoms with Crippen LogP contribution in [0.1, 0.15) is 49.3 Å². The molecule has 1 saturated heterocycles. The van der Waals surface area contributed by atoms with Crippen molar-refractivity contribution in [1.82, 2.24) is 9.80 Å². The molecule has 1 amide bonds. The third-order valence-corrected chi connectivity index (χ3v) is 7.65. The molecule has 0 unspecified atom stereocenters. The number of hydrogen-bond acceptors (Lipinski definition) is 3. The van der Waals surface area contributed by atoms with Crippen LogP contribution in [-0.2, 0) is 29.0 Å². The van der Waals surface area contributed by atoms with E-state index in [0.29, 0.717) is 28.8 Å². The van der Waals surface area contributed by atoms with Crippen molar-refractivity contribution in [2.75, 3.05) is 19.6 Å². The monoisotopic (exact) mass is 486 g/mol. The van der Waals surface area contributed by atoms with E-state index in [1.807, 2.05) is 36.4 Å². The normalized spacial score (nSPS) is 19.7. The molecule has 1 aliphatic heterocycles. The van der Waals surface area contributed by atoms with Crippen molar-refractivity contribution < 1.29 is 9.59 Å². The Labute approximate surface area is 206 Å². The third-order valence-electron chi connectivity index (χ3n) is 6.93. The van der Waals surface area contributed by atoms with Crippen LogP contribution in [0.15, 0.2) is 42.5 Å². The molecule has 4 nitrogen and oxygen atoms in total. The van der Waals surface area contributed by atoms with Crippen molar-refractivity contribution in [2.45, 2.75) is 58.0 Å². The molecule has 1 saturated carbocycles. The van der Waals surface area contributed by atoms with Crippen molar-refractivity contribution >= 4 is 34.9 Å². The summed E-state index contributed by atoms with van der Waals surface area (Å²) in [5.74, 6) is 0.691. The lowest BCUT2D eigenvalue weighted by Crippen LogP contribution is -2.54. The van der Waals surface area contributed by atoms with Gasteiger partial charge < -0.3 is 4.90 Å². The lowest BCUT2D eigenvalue weighted by atomic mass is 10.0. The molecule has 0 N–H and O–H groups in total. The number of nitrogens with zero attached hydrogens (tertiary/aromatic N) is 2. The summed E-state index contributed by atoms with van der Waals surface area (Å²) in [6, 6.07) is 13.6. The van der Waals surface area contributed by atoms with Crippen LogP contribution in [0.25, 0.3) is 0 Å². The fourth-order valence-electron chi connectivity index (χ4n) is 5.19. The molecular weight excluding hydrogens is 455 g/mol. The quantitative estimate of drug-likeness (QED) is 0.513. The highest BCUT2D eigenvalue weighted by Gasteiger charge is 2.33. The van der Waals surface area contributed by atoms with Gasteiger partial charge in [-0.05, 0) is 48.6 Å². The maximum atomic E-state index is 12.9. The van der Waals surface area contributed by atoms with Gasteiger partial charge >= 0.3 is 0 Å². The molecule has 0 bridgehead atoms. The summed E-state index contributed by atoms with van der Waals surface area (Å²) in [7, 11) is 0. The zero-order chi connectivity index (χ0) is 23.4. The zero-order valence-electron chi connectivity index (χ0n) is 19.2. The second-order valence-corrected chi connectivity index (χ2v) is 10.3. The fraction of sp³-hybridized carbons (Fsp3) is 0.481. The molecular formula is C27H32Cl2N2O2. The molecule has 2 aromatic carbocycles. The molecule has 1 aliphatic carbocycles. The number of halogens is 2. The Hall–Kier alpha value is -1.88. The van der Waals surface area contributed by atoms with Gasteiger partial charge in [0.25, 0.3) is 0 Å². The van der Waals surface area contributed by atoms with Gasteiger partial charge in [-0.25, -0.2) is 0 Å². The maximum Gasteiger partial charge on any atom is 0.226 e. The van der Waals surface area contributed by atoms with E-state index in [1.54, 1.807) is 6.07 Å². The smallest absolute Gasteiger partial charge is 0.226 e. The minimum atomic E-state index is 0.115. The van der Waals surface area contributed by atoms with Crippen LogP contribution in [0.4, 0.5) is 0 Å². The van der Waals surface area contributed by atoms with Crippen LogP contribution in [0, 0.1) is 5.92 Å². The third kappa shape index (κ3) is 6.17. The van der Waals surface area contributed by atoms with Gasteiger partial charge in [-0.2, -0.15) is 0 Å². The van der Waals surface area contributed by atoms with E-state index < -0.39 is 0 Å². The number of hydrogen-bond donors (Lipinski definition) is 0. The van der Waals surface area contributed by atoms with Crippen LogP contribution in [0.3, 0.4) is 0 Å². The number of carbonyl (C=O) groups excluding carboxylic acids is 2. The Bertz CT molecular complexity index is 1000. The highest BCUT2D eigenvalue weighted by molar-refractivity contribution is 6.32. The first kappa shape index (κ1) is 24.3. The molecule has 0 spiro atoms. The molecule has 2 fully saturated rings. The van der Waals surface area contributed by atoms with E-state index in [1.165, 1.54) is 12.8 Å². The van der Waals surface area contributed by atoms with Crippen molar-refractivity contribution in [2.24, 2.45) is 5.92 Å². The SMILES string of the molecule is C[C@H]1CN(Cc2cccc(CC(=O)Cc3cccc(Cl)c3)c2Cl)CCN1C(=O)C1CCCC1. The van der Waals surface area contributed by atoms with Gasteiger partial charge in [0.05, 0.1) is 0 Å². The van der Waals surface area contributed by atoms with E-state index in [0.717, 1.165) is 55.7 Å². The van der Waals surface area contributed by atoms with E-state index in [2.05, 4.69) is 16.7 Å². The standard InChI is InChI=1S/C27H32Cl2N2O2/c1-19-17-30(12-13-31(19)27(33)21-7-2-3-8-21)18-23-10-5-9-22(26(23)29)16-25(32)15-20-6-4-11-24(28)14-20/h4-6,9-11,14,19,21H,2-3,7-8,12-13,15-18H2,1H3/t19-/m0/s1. The largest absolute Gasteiger partial charge is 0.337 e. The molecule has 176 valence electrons. The van der Waals surface area contributed by atoms with Crippen molar-refractivity contribution in [3.8, 4) is 0 Å². The van der Waals surface area contributed by atoms with E-state index >= 15 is 0 Å². The molecule has 0 radical (unpaired) electrons. The first-order chi connectivity index (χ1) is 15.9. The number of amides is 1. The maximum absolute atomic E-state index is 12.9. The molecule has 1 atom stereocenters. The Morgan fingerprint density at radius 2 is 1.70 bits per heavy atom. The van der Waals surface area contributed by atoms with E-state index in [-0.39, 0.29) is 17.7 Å². The van der Waals surface area contributed by atoms with Gasteiger partial charge in [0.1, 0.15) is 5.78 Å². The van der Waals surface area contributed by atoms with Gasteiger partial charge in [-0.1, -0.05) is 66.4 Å². The topological polar surface area (TPSA) is 40.6 Å². The first-order valence-corrected chi connectivity index (χ1v) is 12.7. The van der Waals surface area contributed by atoms with E-state index in [9.17, 15) is 9.59 Å².